The highest BCUT2D eigenvalue weighted by molar-refractivity contribution is 9.10. The van der Waals surface area contributed by atoms with E-state index in [0.717, 1.165) is 7.11 Å². The molecule has 1 aliphatic rings. The standard InChI is InChI=1S/C12H8BrF2NO2/c1-18-11(17)6-2-3-7(13)10(15)9(6)12(5-16)4-8(12)14/h2-3,8H,4H2,1H3/t8-,12+/m1/s1. The van der Waals surface area contributed by atoms with Gasteiger partial charge in [-0.25, -0.2) is 13.6 Å². The third-order valence-electron chi connectivity index (χ3n) is 3.02. The Morgan fingerprint density at radius 3 is 2.72 bits per heavy atom. The average Bonchev–Trinajstić information content (AvgIpc) is 3.03. The van der Waals surface area contributed by atoms with Crippen LogP contribution in [-0.4, -0.2) is 19.3 Å². The number of hydrogen-bond donors (Lipinski definition) is 0. The zero-order valence-corrected chi connectivity index (χ0v) is 10.9. The van der Waals surface area contributed by atoms with Gasteiger partial charge in [-0.2, -0.15) is 5.26 Å². The first-order valence-electron chi connectivity index (χ1n) is 5.10. The second-order valence-corrected chi connectivity index (χ2v) is 4.88. The second-order valence-electron chi connectivity index (χ2n) is 4.03. The number of hydrogen-bond acceptors (Lipinski definition) is 3. The molecule has 0 amide bonds. The van der Waals surface area contributed by atoms with Crippen molar-refractivity contribution in [2.24, 2.45) is 0 Å². The first-order chi connectivity index (χ1) is 8.47. The molecule has 2 atom stereocenters. The van der Waals surface area contributed by atoms with Crippen LogP contribution in [0.5, 0.6) is 0 Å². The minimum Gasteiger partial charge on any atom is -0.465 e. The maximum absolute atomic E-state index is 14.1. The van der Waals surface area contributed by atoms with Crippen molar-refractivity contribution in [1.82, 2.24) is 0 Å². The maximum atomic E-state index is 14.1. The lowest BCUT2D eigenvalue weighted by Crippen LogP contribution is -2.18. The fraction of sp³-hybridized carbons (Fsp3) is 0.333. The molecule has 6 heteroatoms. The van der Waals surface area contributed by atoms with E-state index in [0.29, 0.717) is 0 Å². The summed E-state index contributed by atoms with van der Waals surface area (Å²) in [6.45, 7) is 0. The molecule has 18 heavy (non-hydrogen) atoms. The summed E-state index contributed by atoms with van der Waals surface area (Å²) in [6, 6.07) is 4.41. The van der Waals surface area contributed by atoms with Crippen molar-refractivity contribution in [3.05, 3.63) is 33.5 Å². The van der Waals surface area contributed by atoms with Crippen LogP contribution in [0.25, 0.3) is 0 Å². The van der Waals surface area contributed by atoms with E-state index in [1.54, 1.807) is 6.07 Å². The predicted molar refractivity (Wildman–Crippen MR) is 62.2 cm³/mol. The Bertz CT molecular complexity index is 570. The van der Waals surface area contributed by atoms with Crippen LogP contribution in [0.4, 0.5) is 8.78 Å². The van der Waals surface area contributed by atoms with Crippen LogP contribution in [0.15, 0.2) is 16.6 Å². The van der Waals surface area contributed by atoms with E-state index in [9.17, 15) is 13.6 Å². The van der Waals surface area contributed by atoms with Gasteiger partial charge in [-0.3, -0.25) is 0 Å². The number of nitriles is 1. The van der Waals surface area contributed by atoms with Gasteiger partial charge >= 0.3 is 5.97 Å². The smallest absolute Gasteiger partial charge is 0.338 e. The maximum Gasteiger partial charge on any atom is 0.338 e. The summed E-state index contributed by atoms with van der Waals surface area (Å²) in [7, 11) is 1.14. The molecule has 0 spiro atoms. The van der Waals surface area contributed by atoms with Crippen molar-refractivity contribution in [2.45, 2.75) is 18.0 Å². The van der Waals surface area contributed by atoms with E-state index in [2.05, 4.69) is 20.7 Å². The summed E-state index contributed by atoms with van der Waals surface area (Å²) in [5.74, 6) is -1.58. The highest BCUT2D eigenvalue weighted by atomic mass is 79.9. The van der Waals surface area contributed by atoms with Gasteiger partial charge in [0.05, 0.1) is 23.2 Å². The molecule has 1 aliphatic carbocycles. The molecule has 1 aromatic carbocycles. The van der Waals surface area contributed by atoms with E-state index < -0.39 is 23.4 Å². The van der Waals surface area contributed by atoms with Gasteiger partial charge in [-0.1, -0.05) is 0 Å². The van der Waals surface area contributed by atoms with E-state index in [1.165, 1.54) is 12.1 Å². The molecule has 0 bridgehead atoms. The molecule has 0 aromatic heterocycles. The Labute approximate surface area is 110 Å². The van der Waals surface area contributed by atoms with Gasteiger partial charge in [0.2, 0.25) is 0 Å². The molecule has 0 saturated heterocycles. The quantitative estimate of drug-likeness (QED) is 0.788. The Hall–Kier alpha value is -1.48. The van der Waals surface area contributed by atoms with Crippen molar-refractivity contribution in [2.75, 3.05) is 7.11 Å². The Balaban J connectivity index is 2.68. The van der Waals surface area contributed by atoms with E-state index >= 15 is 0 Å². The zero-order chi connectivity index (χ0) is 13.5. The molecule has 0 unspecified atom stereocenters. The van der Waals surface area contributed by atoms with Crippen LogP contribution in [0, 0.1) is 17.1 Å². The minimum absolute atomic E-state index is 0.0823. The number of nitrogens with zero attached hydrogens (tertiary/aromatic N) is 1. The fourth-order valence-electron chi connectivity index (χ4n) is 1.92. The molecule has 0 radical (unpaired) electrons. The van der Waals surface area contributed by atoms with Crippen LogP contribution in [0.3, 0.4) is 0 Å². The first kappa shape index (κ1) is 13.0. The molecule has 1 aromatic rings. The van der Waals surface area contributed by atoms with Crippen molar-refractivity contribution in [3.8, 4) is 6.07 Å². The van der Waals surface area contributed by atoms with E-state index in [1.807, 2.05) is 0 Å². The summed E-state index contributed by atoms with van der Waals surface area (Å²) in [5, 5.41) is 9.05. The summed E-state index contributed by atoms with van der Waals surface area (Å²) >= 11 is 2.96. The highest BCUT2D eigenvalue weighted by Gasteiger charge is 2.60. The Morgan fingerprint density at radius 2 is 2.28 bits per heavy atom. The summed E-state index contributed by atoms with van der Waals surface area (Å²) in [5.41, 5.74) is -1.91. The number of esters is 1. The zero-order valence-electron chi connectivity index (χ0n) is 9.34. The SMILES string of the molecule is COC(=O)c1ccc(Br)c(F)c1[C@]1(C#N)C[C@H]1F. The van der Waals surface area contributed by atoms with Crippen LogP contribution in [0.1, 0.15) is 22.3 Å². The summed E-state index contributed by atoms with van der Waals surface area (Å²) in [4.78, 5) is 11.6. The van der Waals surface area contributed by atoms with Gasteiger partial charge < -0.3 is 4.74 Å². The lowest BCUT2D eigenvalue weighted by molar-refractivity contribution is 0.0598. The number of methoxy groups -OCH3 is 1. The summed E-state index contributed by atoms with van der Waals surface area (Å²) in [6.07, 6.45) is -1.57. The number of benzene rings is 1. The third-order valence-corrected chi connectivity index (χ3v) is 3.63. The average molecular weight is 316 g/mol. The van der Waals surface area contributed by atoms with E-state index in [4.69, 9.17) is 5.26 Å². The van der Waals surface area contributed by atoms with Gasteiger partial charge in [0.1, 0.15) is 17.4 Å². The lowest BCUT2D eigenvalue weighted by atomic mass is 9.91. The minimum atomic E-state index is -1.57. The topological polar surface area (TPSA) is 50.1 Å². The van der Waals surface area contributed by atoms with Crippen LogP contribution in [-0.2, 0) is 10.2 Å². The lowest BCUT2D eigenvalue weighted by Gasteiger charge is -2.13. The molecule has 1 fully saturated rings. The van der Waals surface area contributed by atoms with Crippen LogP contribution >= 0.6 is 15.9 Å². The Kier molecular flexibility index (Phi) is 3.11. The summed E-state index contributed by atoms with van der Waals surface area (Å²) < 4.78 is 32.1. The molecule has 0 aliphatic heterocycles. The van der Waals surface area contributed by atoms with Gasteiger partial charge in [-0.15, -0.1) is 0 Å². The number of ether oxygens (including phenoxy) is 1. The predicted octanol–water partition coefficient (Wildman–Crippen LogP) is 2.88. The first-order valence-corrected chi connectivity index (χ1v) is 5.89. The molecular weight excluding hydrogens is 308 g/mol. The number of halogens is 3. The molecule has 0 N–H and O–H groups in total. The van der Waals surface area contributed by atoms with Gasteiger partial charge in [0.15, 0.2) is 0 Å². The molecule has 0 heterocycles. The van der Waals surface area contributed by atoms with E-state index in [-0.39, 0.29) is 22.0 Å². The van der Waals surface area contributed by atoms with Crippen LogP contribution in [0.2, 0.25) is 0 Å². The van der Waals surface area contributed by atoms with Crippen molar-refractivity contribution >= 4 is 21.9 Å². The van der Waals surface area contributed by atoms with Crippen LogP contribution < -0.4 is 0 Å². The number of alkyl halides is 1. The number of rotatable bonds is 2. The molecule has 2 rings (SSSR count). The monoisotopic (exact) mass is 315 g/mol. The number of carbonyl (C=O) groups is 1. The van der Waals surface area contributed by atoms with Gasteiger partial charge in [0.25, 0.3) is 0 Å². The molecular formula is C12H8BrF2NO2. The largest absolute Gasteiger partial charge is 0.465 e. The molecule has 94 valence electrons. The normalized spacial score (nSPS) is 25.4. The number of carbonyl (C=O) groups excluding carboxylic acids is 1. The van der Waals surface area contributed by atoms with Crippen molar-refractivity contribution in [3.63, 3.8) is 0 Å². The second kappa shape index (κ2) is 4.32. The van der Waals surface area contributed by atoms with Gasteiger partial charge in [-0.05, 0) is 28.1 Å². The Morgan fingerprint density at radius 1 is 1.67 bits per heavy atom. The van der Waals surface area contributed by atoms with Crippen molar-refractivity contribution < 1.29 is 18.3 Å². The highest BCUT2D eigenvalue weighted by Crippen LogP contribution is 2.53. The molecule has 3 nitrogen and oxygen atoms in total. The third kappa shape index (κ3) is 1.70. The van der Waals surface area contributed by atoms with Crippen molar-refractivity contribution in [1.29, 1.82) is 5.26 Å². The van der Waals surface area contributed by atoms with Gasteiger partial charge in [0, 0.05) is 12.0 Å². The fourth-order valence-corrected chi connectivity index (χ4v) is 2.25. The molecule has 1 saturated carbocycles.